The number of anilines is 2. The molecular weight excluding hydrogens is 318 g/mol. The van der Waals surface area contributed by atoms with E-state index in [0.717, 1.165) is 5.69 Å². The van der Waals surface area contributed by atoms with Crippen molar-refractivity contribution < 1.29 is 14.3 Å². The molecule has 25 heavy (non-hydrogen) atoms. The molecule has 0 unspecified atom stereocenters. The maximum Gasteiger partial charge on any atom is 0.255 e. The van der Waals surface area contributed by atoms with E-state index in [-0.39, 0.29) is 24.0 Å². The molecule has 1 saturated heterocycles. The first-order valence-electron chi connectivity index (χ1n) is 8.26. The van der Waals surface area contributed by atoms with Crippen LogP contribution in [-0.2, 0) is 9.53 Å². The normalized spacial score (nSPS) is 19.9. The van der Waals surface area contributed by atoms with Gasteiger partial charge in [-0.2, -0.15) is 0 Å². The zero-order valence-corrected chi connectivity index (χ0v) is 14.0. The first-order valence-corrected chi connectivity index (χ1v) is 8.26. The summed E-state index contributed by atoms with van der Waals surface area (Å²) in [6.45, 7) is 3.13. The first kappa shape index (κ1) is 17.1. The van der Waals surface area contributed by atoms with Crippen LogP contribution >= 0.6 is 0 Å². The lowest BCUT2D eigenvalue weighted by atomic mass is 10.1. The third kappa shape index (κ3) is 4.43. The molecule has 0 saturated carbocycles. The highest BCUT2D eigenvalue weighted by atomic mass is 16.5. The lowest BCUT2D eigenvalue weighted by molar-refractivity contribution is -0.123. The van der Waals surface area contributed by atoms with Crippen LogP contribution in [0.25, 0.3) is 0 Å². The second kappa shape index (κ2) is 7.92. The van der Waals surface area contributed by atoms with Crippen LogP contribution in [0.2, 0.25) is 0 Å². The van der Waals surface area contributed by atoms with E-state index in [1.807, 2.05) is 37.3 Å². The van der Waals surface area contributed by atoms with Gasteiger partial charge in [0.2, 0.25) is 5.91 Å². The van der Waals surface area contributed by atoms with Crippen molar-refractivity contribution in [2.24, 2.45) is 0 Å². The largest absolute Gasteiger partial charge is 0.375 e. The second-order valence-electron chi connectivity index (χ2n) is 5.89. The Morgan fingerprint density at radius 1 is 1.00 bits per heavy atom. The van der Waals surface area contributed by atoms with E-state index >= 15 is 0 Å². The maximum atomic E-state index is 12.3. The zero-order chi connectivity index (χ0) is 17.6. The maximum absolute atomic E-state index is 12.3. The number of hydrogen-bond donors (Lipinski definition) is 3. The molecule has 0 aromatic heterocycles. The molecule has 0 radical (unpaired) electrons. The smallest absolute Gasteiger partial charge is 0.255 e. The lowest BCUT2D eigenvalue weighted by Gasteiger charge is -2.29. The Balaban J connectivity index is 1.60. The van der Waals surface area contributed by atoms with Crippen molar-refractivity contribution >= 4 is 23.2 Å². The quantitative estimate of drug-likeness (QED) is 0.798. The van der Waals surface area contributed by atoms with Crippen molar-refractivity contribution in [2.75, 3.05) is 23.8 Å². The van der Waals surface area contributed by atoms with Crippen molar-refractivity contribution in [3.05, 3.63) is 60.2 Å². The summed E-state index contributed by atoms with van der Waals surface area (Å²) >= 11 is 0. The first-order chi connectivity index (χ1) is 12.1. The fraction of sp³-hybridized carbons (Fsp3) is 0.263. The summed E-state index contributed by atoms with van der Waals surface area (Å²) in [6, 6.07) is 15.7. The number of benzene rings is 2. The molecule has 2 atom stereocenters. The Hall–Kier alpha value is -2.70. The SMILES string of the molecule is C[C@H]1OCCN[C@@H]1C(=O)Nc1ccc(C(=O)Nc2ccccc2)cc1. The van der Waals surface area contributed by atoms with Gasteiger partial charge in [0.1, 0.15) is 6.04 Å². The molecule has 1 aliphatic rings. The number of amides is 2. The Morgan fingerprint density at radius 3 is 2.36 bits per heavy atom. The standard InChI is InChI=1S/C19H21N3O3/c1-13-17(20-11-12-25-13)19(24)22-16-9-7-14(8-10-16)18(23)21-15-5-3-2-4-6-15/h2-10,13,17,20H,11-12H2,1H3,(H,21,23)(H,22,24)/t13-,17+/m1/s1. The molecule has 0 bridgehead atoms. The van der Waals surface area contributed by atoms with E-state index < -0.39 is 0 Å². The highest BCUT2D eigenvalue weighted by molar-refractivity contribution is 6.04. The molecule has 2 aromatic carbocycles. The Labute approximate surface area is 146 Å². The van der Waals surface area contributed by atoms with E-state index in [1.165, 1.54) is 0 Å². The van der Waals surface area contributed by atoms with Gasteiger partial charge in [-0.15, -0.1) is 0 Å². The predicted octanol–water partition coefficient (Wildman–Crippen LogP) is 2.25. The van der Waals surface area contributed by atoms with E-state index in [1.54, 1.807) is 24.3 Å². The number of rotatable bonds is 4. The number of hydrogen-bond acceptors (Lipinski definition) is 4. The topological polar surface area (TPSA) is 79.5 Å². The van der Waals surface area contributed by atoms with Gasteiger partial charge in [-0.1, -0.05) is 18.2 Å². The van der Waals surface area contributed by atoms with Gasteiger partial charge in [-0.05, 0) is 43.3 Å². The number of morpholine rings is 1. The number of nitrogens with one attached hydrogen (secondary N) is 3. The molecule has 3 N–H and O–H groups in total. The minimum Gasteiger partial charge on any atom is -0.375 e. The third-order valence-electron chi connectivity index (χ3n) is 4.05. The van der Waals surface area contributed by atoms with Crippen LogP contribution in [0, 0.1) is 0 Å². The summed E-state index contributed by atoms with van der Waals surface area (Å²) in [5.41, 5.74) is 1.90. The highest BCUT2D eigenvalue weighted by Crippen LogP contribution is 2.14. The van der Waals surface area contributed by atoms with E-state index in [9.17, 15) is 9.59 Å². The molecule has 1 heterocycles. The molecule has 0 aliphatic carbocycles. The summed E-state index contributed by atoms with van der Waals surface area (Å²) in [7, 11) is 0. The van der Waals surface area contributed by atoms with Crippen LogP contribution in [0.15, 0.2) is 54.6 Å². The lowest BCUT2D eigenvalue weighted by Crippen LogP contribution is -2.53. The second-order valence-corrected chi connectivity index (χ2v) is 5.89. The van der Waals surface area contributed by atoms with Gasteiger partial charge in [0.25, 0.3) is 5.91 Å². The fourth-order valence-corrected chi connectivity index (χ4v) is 2.68. The Bertz CT molecular complexity index is 731. The van der Waals surface area contributed by atoms with Gasteiger partial charge in [0.05, 0.1) is 12.7 Å². The summed E-state index contributed by atoms with van der Waals surface area (Å²) in [4.78, 5) is 24.5. The monoisotopic (exact) mass is 339 g/mol. The average molecular weight is 339 g/mol. The van der Waals surface area contributed by atoms with Gasteiger partial charge in [-0.25, -0.2) is 0 Å². The molecule has 1 fully saturated rings. The minimum atomic E-state index is -0.380. The van der Waals surface area contributed by atoms with Crippen molar-refractivity contribution in [3.8, 4) is 0 Å². The van der Waals surface area contributed by atoms with Crippen molar-refractivity contribution in [3.63, 3.8) is 0 Å². The summed E-state index contributed by atoms with van der Waals surface area (Å²) in [5.74, 6) is -0.339. The molecule has 2 amide bonds. The van der Waals surface area contributed by atoms with Crippen molar-refractivity contribution in [1.82, 2.24) is 5.32 Å². The summed E-state index contributed by atoms with van der Waals surface area (Å²) in [5, 5.41) is 8.81. The van der Waals surface area contributed by atoms with Gasteiger partial charge in [0, 0.05) is 23.5 Å². The number of carbonyl (C=O) groups excluding carboxylic acids is 2. The molecule has 0 spiro atoms. The van der Waals surface area contributed by atoms with E-state index in [4.69, 9.17) is 4.74 Å². The van der Waals surface area contributed by atoms with Gasteiger partial charge in [-0.3, -0.25) is 9.59 Å². The molecule has 6 heteroatoms. The predicted molar refractivity (Wildman–Crippen MR) is 96.7 cm³/mol. The fourth-order valence-electron chi connectivity index (χ4n) is 2.68. The summed E-state index contributed by atoms with van der Waals surface area (Å²) < 4.78 is 5.48. The minimum absolute atomic E-state index is 0.145. The number of ether oxygens (including phenoxy) is 1. The van der Waals surface area contributed by atoms with Crippen LogP contribution in [0.5, 0.6) is 0 Å². The molecule has 130 valence electrons. The van der Waals surface area contributed by atoms with Gasteiger partial charge < -0.3 is 20.7 Å². The van der Waals surface area contributed by atoms with E-state index in [2.05, 4.69) is 16.0 Å². The molecule has 6 nitrogen and oxygen atoms in total. The molecule has 2 aromatic rings. The number of carbonyl (C=O) groups is 2. The van der Waals surface area contributed by atoms with Gasteiger partial charge in [0.15, 0.2) is 0 Å². The summed E-state index contributed by atoms with van der Waals surface area (Å²) in [6.07, 6.45) is -0.176. The van der Waals surface area contributed by atoms with Gasteiger partial charge >= 0.3 is 0 Å². The molecular formula is C19H21N3O3. The van der Waals surface area contributed by atoms with Crippen LogP contribution in [0.1, 0.15) is 17.3 Å². The van der Waals surface area contributed by atoms with Crippen LogP contribution < -0.4 is 16.0 Å². The average Bonchev–Trinajstić information content (AvgIpc) is 2.63. The Kier molecular flexibility index (Phi) is 5.42. The van der Waals surface area contributed by atoms with Crippen LogP contribution in [0.4, 0.5) is 11.4 Å². The highest BCUT2D eigenvalue weighted by Gasteiger charge is 2.28. The van der Waals surface area contributed by atoms with Crippen LogP contribution in [-0.4, -0.2) is 37.1 Å². The molecule has 1 aliphatic heterocycles. The molecule has 3 rings (SSSR count). The Morgan fingerprint density at radius 2 is 1.68 bits per heavy atom. The van der Waals surface area contributed by atoms with E-state index in [0.29, 0.717) is 24.4 Å². The zero-order valence-electron chi connectivity index (χ0n) is 14.0. The van der Waals surface area contributed by atoms with Crippen LogP contribution in [0.3, 0.4) is 0 Å². The number of para-hydroxylation sites is 1. The third-order valence-corrected chi connectivity index (χ3v) is 4.05. The van der Waals surface area contributed by atoms with Crippen molar-refractivity contribution in [2.45, 2.75) is 19.1 Å². The van der Waals surface area contributed by atoms with Crippen molar-refractivity contribution in [1.29, 1.82) is 0 Å².